The van der Waals surface area contributed by atoms with Crippen LogP contribution >= 0.6 is 0 Å². The van der Waals surface area contributed by atoms with Gasteiger partial charge in [-0.2, -0.15) is 0 Å². The van der Waals surface area contributed by atoms with Crippen LogP contribution < -0.4 is 5.73 Å². The third-order valence-electron chi connectivity index (χ3n) is 5.62. The fourth-order valence-corrected chi connectivity index (χ4v) is 5.49. The van der Waals surface area contributed by atoms with Crippen LogP contribution in [0.4, 0.5) is 0 Å². The minimum absolute atomic E-state index is 0.860. The molecule has 4 nitrogen and oxygen atoms in total. The highest BCUT2D eigenvalue weighted by atomic mass is 28.4. The second-order valence-electron chi connectivity index (χ2n) is 7.84. The lowest BCUT2D eigenvalue weighted by atomic mass is 10.0. The topological polar surface area (TPSA) is 53.7 Å². The van der Waals surface area contributed by atoms with Gasteiger partial charge in [0, 0.05) is 27.4 Å². The lowest BCUT2D eigenvalue weighted by Gasteiger charge is -2.24. The van der Waals surface area contributed by atoms with E-state index in [9.17, 15) is 0 Å². The Hall–Kier alpha value is 0.0569. The molecular weight excluding hydrogens is 354 g/mol. The molecule has 0 aromatic carbocycles. The zero-order valence-electron chi connectivity index (χ0n) is 18.7. The maximum atomic E-state index is 5.51. The molecule has 0 rings (SSSR count). The average molecular weight is 404 g/mol. The summed E-state index contributed by atoms with van der Waals surface area (Å²) in [7, 11) is 2.76. The first-order valence-electron chi connectivity index (χ1n) is 11.6. The zero-order valence-corrected chi connectivity index (χ0v) is 19.7. The Bertz CT molecular complexity index is 280. The summed E-state index contributed by atoms with van der Waals surface area (Å²) in [5.74, 6) is 0. The van der Waals surface area contributed by atoms with E-state index in [1.807, 2.05) is 0 Å². The van der Waals surface area contributed by atoms with Crippen molar-refractivity contribution < 1.29 is 13.3 Å². The van der Waals surface area contributed by atoms with E-state index in [4.69, 9.17) is 19.0 Å². The van der Waals surface area contributed by atoms with Gasteiger partial charge < -0.3 is 19.0 Å². The molecule has 0 unspecified atom stereocenters. The van der Waals surface area contributed by atoms with Crippen molar-refractivity contribution >= 4 is 8.80 Å². The minimum Gasteiger partial charge on any atom is -0.377 e. The first kappa shape index (κ1) is 27.1. The molecule has 0 aliphatic heterocycles. The Morgan fingerprint density at radius 3 is 0.963 bits per heavy atom. The Balaban J connectivity index is 3.19. The van der Waals surface area contributed by atoms with Crippen LogP contribution in [0.3, 0.4) is 0 Å². The van der Waals surface area contributed by atoms with Gasteiger partial charge in [0.1, 0.15) is 0 Å². The van der Waals surface area contributed by atoms with Crippen LogP contribution in [0.2, 0.25) is 6.04 Å². The van der Waals surface area contributed by atoms with Gasteiger partial charge in [-0.3, -0.25) is 0 Å². The van der Waals surface area contributed by atoms with Gasteiger partial charge in [0.15, 0.2) is 0 Å². The molecule has 0 heterocycles. The normalized spacial score (nSPS) is 12.0. The second-order valence-corrected chi connectivity index (χ2v) is 10.9. The van der Waals surface area contributed by atoms with Crippen molar-refractivity contribution in [3.63, 3.8) is 0 Å². The third-order valence-corrected chi connectivity index (χ3v) is 8.45. The molecule has 0 radical (unpaired) electrons. The molecule has 0 saturated carbocycles. The molecule has 164 valence electrons. The predicted octanol–water partition coefficient (Wildman–Crippen LogP) is 6.45. The molecule has 0 aromatic rings. The Labute approximate surface area is 171 Å². The van der Waals surface area contributed by atoms with E-state index in [-0.39, 0.29) is 0 Å². The van der Waals surface area contributed by atoms with Gasteiger partial charge in [-0.1, -0.05) is 96.3 Å². The molecule has 0 bridgehead atoms. The number of unbranched alkanes of at least 4 members (excludes halogenated alkanes) is 16. The van der Waals surface area contributed by atoms with E-state index in [0.717, 1.165) is 19.0 Å². The summed E-state index contributed by atoms with van der Waals surface area (Å²) in [5, 5.41) is 0. The van der Waals surface area contributed by atoms with Crippen molar-refractivity contribution in [3.05, 3.63) is 0 Å². The second kappa shape index (κ2) is 20.8. The van der Waals surface area contributed by atoms with Crippen LogP contribution in [0.15, 0.2) is 0 Å². The van der Waals surface area contributed by atoms with Gasteiger partial charge in [0.25, 0.3) is 0 Å². The van der Waals surface area contributed by atoms with E-state index < -0.39 is 8.80 Å². The highest BCUT2D eigenvalue weighted by Crippen LogP contribution is 2.19. The summed E-state index contributed by atoms with van der Waals surface area (Å²) in [5.41, 5.74) is 5.51. The molecule has 2 N–H and O–H groups in total. The summed E-state index contributed by atoms with van der Waals surface area (Å²) in [4.78, 5) is 0. The smallest absolute Gasteiger partial charge is 0.377 e. The van der Waals surface area contributed by atoms with Crippen LogP contribution in [-0.4, -0.2) is 36.7 Å². The first-order chi connectivity index (χ1) is 13.2. The zero-order chi connectivity index (χ0) is 20.1. The van der Waals surface area contributed by atoms with E-state index in [1.54, 1.807) is 21.3 Å². The fourth-order valence-electron chi connectivity index (χ4n) is 3.69. The number of hydrogen-bond donors (Lipinski definition) is 1. The summed E-state index contributed by atoms with van der Waals surface area (Å²) >= 11 is 0. The molecular formula is C22H49NO3Si. The molecule has 0 aromatic heterocycles. The lowest BCUT2D eigenvalue weighted by Crippen LogP contribution is -2.42. The average Bonchev–Trinajstić information content (AvgIpc) is 2.70. The highest BCUT2D eigenvalue weighted by molar-refractivity contribution is 6.60. The molecule has 0 aliphatic carbocycles. The van der Waals surface area contributed by atoms with Crippen LogP contribution in [0.5, 0.6) is 0 Å². The largest absolute Gasteiger partial charge is 0.500 e. The van der Waals surface area contributed by atoms with E-state index in [2.05, 4.69) is 0 Å². The molecule has 27 heavy (non-hydrogen) atoms. The molecule has 0 fully saturated rings. The van der Waals surface area contributed by atoms with Crippen molar-refractivity contribution in [3.8, 4) is 0 Å². The standard InChI is InChI=1S/C22H49NO3Si/c1-24-27(25-2,26-3)22-20-18-16-14-12-10-8-6-4-5-7-9-11-13-15-17-19-21-23/h4-23H2,1-3H3. The van der Waals surface area contributed by atoms with Gasteiger partial charge in [-0.25, -0.2) is 0 Å². The minimum atomic E-state index is -2.33. The number of hydrogen-bond acceptors (Lipinski definition) is 4. The van der Waals surface area contributed by atoms with Crippen molar-refractivity contribution in [2.75, 3.05) is 27.9 Å². The van der Waals surface area contributed by atoms with Crippen molar-refractivity contribution in [2.24, 2.45) is 5.73 Å². The third kappa shape index (κ3) is 16.7. The molecule has 0 spiro atoms. The number of nitrogens with two attached hydrogens (primary N) is 1. The maximum absolute atomic E-state index is 5.51. The van der Waals surface area contributed by atoms with Crippen molar-refractivity contribution in [1.82, 2.24) is 0 Å². The summed E-state index contributed by atoms with van der Waals surface area (Å²) < 4.78 is 16.4. The summed E-state index contributed by atoms with van der Waals surface area (Å²) in [6.07, 6.45) is 23.2. The number of rotatable bonds is 22. The van der Waals surface area contributed by atoms with Crippen LogP contribution in [0.1, 0.15) is 109 Å². The Morgan fingerprint density at radius 1 is 0.444 bits per heavy atom. The van der Waals surface area contributed by atoms with Crippen molar-refractivity contribution in [1.29, 1.82) is 0 Å². The Kier molecular flexibility index (Phi) is 20.8. The fraction of sp³-hybridized carbons (Fsp3) is 1.00. The Morgan fingerprint density at radius 2 is 0.704 bits per heavy atom. The lowest BCUT2D eigenvalue weighted by molar-refractivity contribution is 0.122. The monoisotopic (exact) mass is 403 g/mol. The van der Waals surface area contributed by atoms with Gasteiger partial charge >= 0.3 is 8.80 Å². The van der Waals surface area contributed by atoms with Gasteiger partial charge in [0.05, 0.1) is 0 Å². The summed E-state index contributed by atoms with van der Waals surface area (Å²) in [6, 6.07) is 0.935. The van der Waals surface area contributed by atoms with Gasteiger partial charge in [0.2, 0.25) is 0 Å². The SMILES string of the molecule is CO[Si](CCCCCCCCCCCCCCCCCCCN)(OC)OC. The highest BCUT2D eigenvalue weighted by Gasteiger charge is 2.36. The van der Waals surface area contributed by atoms with E-state index >= 15 is 0 Å². The quantitative estimate of drug-likeness (QED) is 0.166. The molecule has 0 aliphatic rings. The van der Waals surface area contributed by atoms with Gasteiger partial charge in [-0.15, -0.1) is 0 Å². The molecule has 0 atom stereocenters. The van der Waals surface area contributed by atoms with Crippen molar-refractivity contribution in [2.45, 2.75) is 115 Å². The van der Waals surface area contributed by atoms with Crippen LogP contribution in [0.25, 0.3) is 0 Å². The molecule has 0 saturated heterocycles. The predicted molar refractivity (Wildman–Crippen MR) is 119 cm³/mol. The van der Waals surface area contributed by atoms with Gasteiger partial charge in [-0.05, 0) is 19.4 Å². The summed E-state index contributed by atoms with van der Waals surface area (Å²) in [6.45, 7) is 0.860. The molecule has 0 amide bonds. The molecule has 5 heteroatoms. The van der Waals surface area contributed by atoms with Crippen LogP contribution in [-0.2, 0) is 13.3 Å². The van der Waals surface area contributed by atoms with E-state index in [1.165, 1.54) is 103 Å². The van der Waals surface area contributed by atoms with Crippen LogP contribution in [0, 0.1) is 0 Å². The van der Waals surface area contributed by atoms with E-state index in [0.29, 0.717) is 0 Å². The first-order valence-corrected chi connectivity index (χ1v) is 13.5. The maximum Gasteiger partial charge on any atom is 0.500 e.